The normalized spacial score (nSPS) is 13.7. The van der Waals surface area contributed by atoms with Crippen molar-refractivity contribution in [3.05, 3.63) is 113 Å². The quantitative estimate of drug-likeness (QED) is 0.168. The van der Waals surface area contributed by atoms with Crippen LogP contribution in [0.5, 0.6) is 0 Å². The zero-order chi connectivity index (χ0) is 33.7. The van der Waals surface area contributed by atoms with Crippen molar-refractivity contribution in [3.63, 3.8) is 0 Å². The molecule has 0 aliphatic carbocycles. The first kappa shape index (κ1) is 24.7. The summed E-state index contributed by atoms with van der Waals surface area (Å²) in [4.78, 5) is 14.0. The maximum absolute atomic E-state index is 8.74. The Balaban J connectivity index is 0.000000270. The molecule has 6 heteroatoms. The van der Waals surface area contributed by atoms with Crippen LogP contribution in [0.15, 0.2) is 89.6 Å². The van der Waals surface area contributed by atoms with Gasteiger partial charge in [0.15, 0.2) is 0 Å². The predicted molar refractivity (Wildman–Crippen MR) is 176 cm³/mol. The third kappa shape index (κ3) is 6.62. The van der Waals surface area contributed by atoms with Crippen molar-refractivity contribution in [2.24, 2.45) is 5.41 Å². The minimum atomic E-state index is -2.31. The van der Waals surface area contributed by atoms with Gasteiger partial charge < -0.3 is 9.40 Å². The van der Waals surface area contributed by atoms with Gasteiger partial charge in [-0.2, -0.15) is 0 Å². The van der Waals surface area contributed by atoms with Crippen LogP contribution in [0.3, 0.4) is 0 Å². The molecule has 2 aromatic carbocycles. The molecule has 1 radical (unpaired) electrons. The molecule has 0 bridgehead atoms. The monoisotopic (exact) mass is 766 g/mol. The summed E-state index contributed by atoms with van der Waals surface area (Å²) >= 11 is 1.45. The van der Waals surface area contributed by atoms with E-state index in [0.717, 1.165) is 48.1 Å². The van der Waals surface area contributed by atoms with Gasteiger partial charge in [-0.3, -0.25) is 4.98 Å². The van der Waals surface area contributed by atoms with Crippen LogP contribution < -0.4 is 0 Å². The van der Waals surface area contributed by atoms with Gasteiger partial charge in [0.2, 0.25) is 5.71 Å². The number of pyridine rings is 3. The van der Waals surface area contributed by atoms with Gasteiger partial charge in [0.1, 0.15) is 5.58 Å². The number of para-hydroxylation sites is 1. The van der Waals surface area contributed by atoms with E-state index in [9.17, 15) is 0 Å². The Hall–Kier alpha value is -3.70. The van der Waals surface area contributed by atoms with Crippen LogP contribution in [0.4, 0.5) is 0 Å². The number of hydrogen-bond acceptors (Lipinski definition) is 5. The molecule has 0 atom stereocenters. The van der Waals surface area contributed by atoms with E-state index in [0.29, 0.717) is 11.3 Å². The zero-order valence-corrected chi connectivity index (χ0v) is 27.8. The summed E-state index contributed by atoms with van der Waals surface area (Å²) in [5, 5.41) is 2.55. The molecule has 0 spiro atoms. The predicted octanol–water partition coefficient (Wildman–Crippen LogP) is 10.3. The maximum atomic E-state index is 8.74. The van der Waals surface area contributed by atoms with Crippen LogP contribution in [0, 0.1) is 32.2 Å². The minimum Gasteiger partial charge on any atom is -0.437 e. The third-order valence-corrected chi connectivity index (χ3v) is 8.01. The van der Waals surface area contributed by atoms with Crippen molar-refractivity contribution in [2.75, 3.05) is 0 Å². The largest absolute Gasteiger partial charge is 0.437 e. The Morgan fingerprint density at radius 1 is 0.907 bits per heavy atom. The van der Waals surface area contributed by atoms with Crippen molar-refractivity contribution in [1.29, 1.82) is 0 Å². The molecule has 43 heavy (non-hydrogen) atoms. The van der Waals surface area contributed by atoms with Gasteiger partial charge in [0.25, 0.3) is 0 Å². The van der Waals surface area contributed by atoms with Crippen LogP contribution in [-0.4, -0.2) is 15.0 Å². The molecule has 0 unspecified atom stereocenters. The molecule has 0 aliphatic rings. The Labute approximate surface area is 277 Å². The summed E-state index contributed by atoms with van der Waals surface area (Å²) in [6.45, 7) is 7.42. The van der Waals surface area contributed by atoms with Gasteiger partial charge in [0, 0.05) is 66.3 Å². The van der Waals surface area contributed by atoms with E-state index in [1.807, 2.05) is 95.4 Å². The smallest absolute Gasteiger partial charge is 0.227 e. The van der Waals surface area contributed by atoms with Crippen molar-refractivity contribution in [3.8, 4) is 22.5 Å². The zero-order valence-electron chi connectivity index (χ0n) is 29.6. The van der Waals surface area contributed by atoms with Crippen LogP contribution in [0.1, 0.15) is 49.3 Å². The number of thiophene rings is 1. The summed E-state index contributed by atoms with van der Waals surface area (Å²) in [6, 6.07) is 26.1. The molecule has 0 fully saturated rings. The van der Waals surface area contributed by atoms with Gasteiger partial charge >= 0.3 is 0 Å². The first-order chi connectivity index (χ1) is 22.1. The number of fused-ring (bicyclic) bond motifs is 4. The van der Waals surface area contributed by atoms with Gasteiger partial charge in [-0.1, -0.05) is 45.0 Å². The van der Waals surface area contributed by atoms with Crippen molar-refractivity contribution < 1.29 is 31.4 Å². The van der Waals surface area contributed by atoms with E-state index in [1.165, 1.54) is 23.0 Å². The van der Waals surface area contributed by atoms with E-state index >= 15 is 0 Å². The summed E-state index contributed by atoms with van der Waals surface area (Å²) in [5.41, 5.74) is 5.93. The summed E-state index contributed by atoms with van der Waals surface area (Å²) < 4.78 is 47.4. The second-order valence-electron chi connectivity index (χ2n) is 11.3. The molecule has 7 rings (SSSR count). The summed E-state index contributed by atoms with van der Waals surface area (Å²) in [5.74, 6) is 0. The summed E-state index contributed by atoms with van der Waals surface area (Å²) in [6.07, 6.45) is 2.18. The average Bonchev–Trinajstić information content (AvgIpc) is 3.58. The number of nitrogens with zero attached hydrogens (tertiary/aromatic N) is 3. The first-order valence-electron chi connectivity index (χ1n) is 16.3. The van der Waals surface area contributed by atoms with Crippen molar-refractivity contribution in [2.45, 2.75) is 47.8 Å². The van der Waals surface area contributed by atoms with Gasteiger partial charge in [0.05, 0.1) is 10.4 Å². The molecule has 5 aromatic heterocycles. The molecule has 0 aliphatic heterocycles. The van der Waals surface area contributed by atoms with E-state index in [-0.39, 0.29) is 31.5 Å². The average molecular weight is 766 g/mol. The Morgan fingerprint density at radius 2 is 1.74 bits per heavy atom. The number of aryl methyl sites for hydroxylation is 3. The van der Waals surface area contributed by atoms with Crippen LogP contribution in [0.2, 0.25) is 0 Å². The number of aromatic nitrogens is 3. The molecular formula is C37H34IrN3OS-. The molecule has 4 nitrogen and oxygen atoms in total. The fourth-order valence-corrected chi connectivity index (χ4v) is 6.06. The van der Waals surface area contributed by atoms with Crippen LogP contribution in [-0.2, 0) is 26.5 Å². The Bertz CT molecular complexity index is 2220. The standard InChI is InChI=1S/C25H24N2OS.C12H10N.Ir/c1-14-9-10-17-16-7-6-8-18(23(16)28-24(17)27-14)20-11-19-15(2)21(12-25(3,4)5)29-22(19)13-26-20;1-10-7-8-12(13-9-10)11-5-3-2-4-6-11;/h6-11,13H,12H2,1-5H3;2-5,7-9H,1H3;/q;-1;/i1D3,12D2;;. The maximum Gasteiger partial charge on any atom is 0.227 e. The molecule has 5 heterocycles. The van der Waals surface area contributed by atoms with Crippen LogP contribution >= 0.6 is 11.3 Å². The molecular weight excluding hydrogens is 727 g/mol. The fraction of sp³-hybridized carbons (Fsp3) is 0.216. The Morgan fingerprint density at radius 3 is 2.47 bits per heavy atom. The van der Waals surface area contributed by atoms with E-state index in [1.54, 1.807) is 12.3 Å². The van der Waals surface area contributed by atoms with E-state index < -0.39 is 18.6 Å². The SMILES string of the molecule is Cc1ccc(-c2[c-]cccc2)nc1.[2H]C([2H])([2H])c1ccc2c(n1)oc1c(-c3cc4c(C)c(C([2H])([2H])C(C)(C)C)sc4cn3)cccc12.[Ir]. The van der Waals surface area contributed by atoms with Gasteiger partial charge in [-0.25, -0.2) is 4.98 Å². The fourth-order valence-electron chi connectivity index (χ4n) is 4.79. The molecule has 7 aromatic rings. The van der Waals surface area contributed by atoms with Gasteiger partial charge in [-0.15, -0.1) is 47.2 Å². The Kier molecular flexibility index (Phi) is 7.18. The topological polar surface area (TPSA) is 51.8 Å². The number of rotatable bonds is 3. The van der Waals surface area contributed by atoms with E-state index in [2.05, 4.69) is 27.1 Å². The number of benzene rings is 2. The number of hydrogen-bond donors (Lipinski definition) is 0. The molecule has 0 saturated carbocycles. The minimum absolute atomic E-state index is 0. The second kappa shape index (κ2) is 12.5. The first-order valence-corrected chi connectivity index (χ1v) is 14.6. The van der Waals surface area contributed by atoms with E-state index in [4.69, 9.17) is 11.3 Å². The number of furan rings is 1. The molecule has 0 N–H and O–H groups in total. The van der Waals surface area contributed by atoms with Crippen molar-refractivity contribution in [1.82, 2.24) is 15.0 Å². The van der Waals surface area contributed by atoms with Gasteiger partial charge in [-0.05, 0) is 79.0 Å². The second-order valence-corrected chi connectivity index (χ2v) is 12.4. The summed E-state index contributed by atoms with van der Waals surface area (Å²) in [7, 11) is 0. The molecule has 219 valence electrons. The van der Waals surface area contributed by atoms with Crippen LogP contribution in [0.25, 0.3) is 54.7 Å². The molecule has 0 saturated heterocycles. The molecule has 0 amide bonds. The van der Waals surface area contributed by atoms with Crippen molar-refractivity contribution >= 4 is 43.5 Å². The third-order valence-electron chi connectivity index (χ3n) is 6.85.